The molecule has 1 unspecified atom stereocenters. The molecule has 120 valence electrons. The summed E-state index contributed by atoms with van der Waals surface area (Å²) in [7, 11) is 0. The maximum Gasteiger partial charge on any atom is 0.308 e. The van der Waals surface area contributed by atoms with Crippen LogP contribution in [-0.2, 0) is 9.53 Å². The Morgan fingerprint density at radius 2 is 1.30 bits per heavy atom. The van der Waals surface area contributed by atoms with E-state index < -0.39 is 0 Å². The van der Waals surface area contributed by atoms with Crippen molar-refractivity contribution in [1.82, 2.24) is 0 Å². The predicted octanol–water partition coefficient (Wildman–Crippen LogP) is 5.89. The Kier molecular flexibility index (Phi) is 14.5. The van der Waals surface area contributed by atoms with E-state index in [1.165, 1.54) is 57.8 Å². The average molecular weight is 284 g/mol. The number of hydrogen-bond donors (Lipinski definition) is 0. The molecule has 0 heterocycles. The van der Waals surface area contributed by atoms with Crippen molar-refractivity contribution >= 4 is 5.97 Å². The maximum atomic E-state index is 11.8. The van der Waals surface area contributed by atoms with Crippen molar-refractivity contribution in [3.05, 3.63) is 0 Å². The van der Waals surface area contributed by atoms with Crippen LogP contribution in [0.1, 0.15) is 97.8 Å². The minimum atomic E-state index is 0.00838. The number of carbonyl (C=O) groups excluding carboxylic acids is 1. The topological polar surface area (TPSA) is 26.3 Å². The number of carbonyl (C=O) groups is 1. The van der Waals surface area contributed by atoms with Crippen LogP contribution in [0.2, 0.25) is 0 Å². The lowest BCUT2D eigenvalue weighted by atomic mass is 10.0. The van der Waals surface area contributed by atoms with E-state index in [9.17, 15) is 4.79 Å². The quantitative estimate of drug-likeness (QED) is 0.294. The molecule has 0 aliphatic carbocycles. The average Bonchev–Trinajstić information content (AvgIpc) is 2.45. The van der Waals surface area contributed by atoms with Gasteiger partial charge >= 0.3 is 5.97 Å². The second kappa shape index (κ2) is 14.9. The van der Waals surface area contributed by atoms with Crippen LogP contribution in [0.15, 0.2) is 0 Å². The van der Waals surface area contributed by atoms with E-state index in [0.717, 1.165) is 19.3 Å². The summed E-state index contributed by atoms with van der Waals surface area (Å²) in [6, 6.07) is 0. The van der Waals surface area contributed by atoms with Crippen molar-refractivity contribution in [2.75, 3.05) is 6.61 Å². The summed E-state index contributed by atoms with van der Waals surface area (Å²) in [6.45, 7) is 7.07. The van der Waals surface area contributed by atoms with Crippen molar-refractivity contribution in [3.63, 3.8) is 0 Å². The van der Waals surface area contributed by atoms with Crippen LogP contribution in [0.3, 0.4) is 0 Å². The summed E-state index contributed by atoms with van der Waals surface area (Å²) < 4.78 is 5.34. The third kappa shape index (κ3) is 12.5. The molecule has 2 nitrogen and oxygen atoms in total. The standard InChI is InChI=1S/C18H36O2/c1-4-6-8-10-11-13-15-17(3)18(19)20-16-14-12-9-7-5-2/h17H,4-16H2,1-3H3. The normalized spacial score (nSPS) is 12.3. The first kappa shape index (κ1) is 19.5. The molecule has 0 fully saturated rings. The van der Waals surface area contributed by atoms with Gasteiger partial charge < -0.3 is 4.74 Å². The Labute approximate surface area is 126 Å². The third-order valence-electron chi connectivity index (χ3n) is 3.89. The summed E-state index contributed by atoms with van der Waals surface area (Å²) in [5.74, 6) is 0.0888. The van der Waals surface area contributed by atoms with Crippen molar-refractivity contribution < 1.29 is 9.53 Å². The molecule has 0 aliphatic rings. The summed E-state index contributed by atoms with van der Waals surface area (Å²) in [4.78, 5) is 11.8. The lowest BCUT2D eigenvalue weighted by Gasteiger charge is -2.11. The van der Waals surface area contributed by atoms with Gasteiger partial charge in [-0.3, -0.25) is 4.79 Å². The Balaban J connectivity index is 3.37. The van der Waals surface area contributed by atoms with Crippen LogP contribution >= 0.6 is 0 Å². The van der Waals surface area contributed by atoms with E-state index >= 15 is 0 Å². The summed E-state index contributed by atoms with van der Waals surface area (Å²) >= 11 is 0. The number of unbranched alkanes of at least 4 members (excludes halogenated alkanes) is 9. The van der Waals surface area contributed by atoms with Crippen LogP contribution in [0, 0.1) is 5.92 Å². The smallest absolute Gasteiger partial charge is 0.308 e. The first-order chi connectivity index (χ1) is 9.72. The molecule has 0 aromatic heterocycles. The van der Waals surface area contributed by atoms with Crippen molar-refractivity contribution in [1.29, 1.82) is 0 Å². The lowest BCUT2D eigenvalue weighted by Crippen LogP contribution is -2.15. The zero-order chi connectivity index (χ0) is 15.1. The molecule has 0 saturated carbocycles. The van der Waals surface area contributed by atoms with E-state index in [1.807, 2.05) is 6.92 Å². The molecule has 1 atom stereocenters. The molecule has 0 spiro atoms. The molecular formula is C18H36O2. The van der Waals surface area contributed by atoms with E-state index in [0.29, 0.717) is 6.61 Å². The van der Waals surface area contributed by atoms with Gasteiger partial charge in [0.1, 0.15) is 0 Å². The minimum absolute atomic E-state index is 0.00838. The predicted molar refractivity (Wildman–Crippen MR) is 86.9 cm³/mol. The molecule has 0 rings (SSSR count). The summed E-state index contributed by atoms with van der Waals surface area (Å²) in [5, 5.41) is 0. The van der Waals surface area contributed by atoms with Crippen LogP contribution in [0.5, 0.6) is 0 Å². The Morgan fingerprint density at radius 3 is 1.90 bits per heavy atom. The van der Waals surface area contributed by atoms with Crippen molar-refractivity contribution in [3.8, 4) is 0 Å². The SMILES string of the molecule is CCCCCCCCC(C)C(=O)OCCCCCCC. The van der Waals surface area contributed by atoms with E-state index in [4.69, 9.17) is 4.74 Å². The first-order valence-electron chi connectivity index (χ1n) is 8.89. The van der Waals surface area contributed by atoms with Gasteiger partial charge in [-0.1, -0.05) is 85.0 Å². The largest absolute Gasteiger partial charge is 0.465 e. The number of hydrogen-bond acceptors (Lipinski definition) is 2. The van der Waals surface area contributed by atoms with Crippen molar-refractivity contribution in [2.45, 2.75) is 97.8 Å². The van der Waals surface area contributed by atoms with Gasteiger partial charge in [-0.25, -0.2) is 0 Å². The molecule has 0 aromatic rings. The molecule has 0 amide bonds. The van der Waals surface area contributed by atoms with Gasteiger partial charge in [0.2, 0.25) is 0 Å². The second-order valence-corrected chi connectivity index (χ2v) is 6.04. The number of esters is 1. The van der Waals surface area contributed by atoms with Gasteiger partial charge in [-0.15, -0.1) is 0 Å². The monoisotopic (exact) mass is 284 g/mol. The van der Waals surface area contributed by atoms with Crippen LogP contribution in [0.4, 0.5) is 0 Å². The third-order valence-corrected chi connectivity index (χ3v) is 3.89. The number of ether oxygens (including phenoxy) is 1. The van der Waals surface area contributed by atoms with Crippen LogP contribution in [0.25, 0.3) is 0 Å². The fourth-order valence-corrected chi connectivity index (χ4v) is 2.37. The molecule has 0 aromatic carbocycles. The second-order valence-electron chi connectivity index (χ2n) is 6.04. The Hall–Kier alpha value is -0.530. The van der Waals surface area contributed by atoms with Gasteiger partial charge in [-0.05, 0) is 12.8 Å². The van der Waals surface area contributed by atoms with Crippen LogP contribution < -0.4 is 0 Å². The highest BCUT2D eigenvalue weighted by molar-refractivity contribution is 5.71. The zero-order valence-corrected chi connectivity index (χ0v) is 14.1. The summed E-state index contributed by atoms with van der Waals surface area (Å²) in [5.41, 5.74) is 0. The molecular weight excluding hydrogens is 248 g/mol. The van der Waals surface area contributed by atoms with Gasteiger partial charge in [0.15, 0.2) is 0 Å². The van der Waals surface area contributed by atoms with E-state index in [-0.39, 0.29) is 11.9 Å². The van der Waals surface area contributed by atoms with Gasteiger partial charge in [0.05, 0.1) is 12.5 Å². The minimum Gasteiger partial charge on any atom is -0.465 e. The Bertz CT molecular complexity index is 213. The van der Waals surface area contributed by atoms with Gasteiger partial charge in [-0.2, -0.15) is 0 Å². The highest BCUT2D eigenvalue weighted by atomic mass is 16.5. The molecule has 0 bridgehead atoms. The fourth-order valence-electron chi connectivity index (χ4n) is 2.37. The van der Waals surface area contributed by atoms with Crippen LogP contribution in [-0.4, -0.2) is 12.6 Å². The first-order valence-corrected chi connectivity index (χ1v) is 8.89. The highest BCUT2D eigenvalue weighted by Crippen LogP contribution is 2.13. The molecule has 20 heavy (non-hydrogen) atoms. The number of rotatable bonds is 14. The van der Waals surface area contributed by atoms with Crippen molar-refractivity contribution in [2.24, 2.45) is 5.92 Å². The van der Waals surface area contributed by atoms with Gasteiger partial charge in [0, 0.05) is 0 Å². The van der Waals surface area contributed by atoms with E-state index in [1.54, 1.807) is 0 Å². The molecule has 0 N–H and O–H groups in total. The zero-order valence-electron chi connectivity index (χ0n) is 14.1. The maximum absolute atomic E-state index is 11.8. The fraction of sp³-hybridized carbons (Fsp3) is 0.944. The van der Waals surface area contributed by atoms with Gasteiger partial charge in [0.25, 0.3) is 0 Å². The molecule has 0 saturated heterocycles. The highest BCUT2D eigenvalue weighted by Gasteiger charge is 2.13. The molecule has 2 heteroatoms. The molecule has 0 aliphatic heterocycles. The lowest BCUT2D eigenvalue weighted by molar-refractivity contribution is -0.148. The molecule has 0 radical (unpaired) electrons. The summed E-state index contributed by atoms with van der Waals surface area (Å²) in [6.07, 6.45) is 14.7. The van der Waals surface area contributed by atoms with E-state index in [2.05, 4.69) is 13.8 Å². The Morgan fingerprint density at radius 1 is 0.800 bits per heavy atom.